The van der Waals surface area contributed by atoms with Crippen LogP contribution < -0.4 is 5.43 Å². The summed E-state index contributed by atoms with van der Waals surface area (Å²) in [6.45, 7) is 5.91. The number of halogens is 3. The molecule has 172 valence electrons. The molecule has 1 rings (SSSR count). The normalized spacial score (nSPS) is 11.5. The van der Waals surface area contributed by atoms with Crippen LogP contribution in [0.15, 0.2) is 11.8 Å². The number of carbonyl (C=O) groups is 2. The first-order valence-corrected chi connectivity index (χ1v) is 9.77. The predicted molar refractivity (Wildman–Crippen MR) is 107 cm³/mol. The second-order valence-electron chi connectivity index (χ2n) is 6.75. The second kappa shape index (κ2) is 12.0. The number of carbonyl (C=O) groups excluding carboxylic acids is 2. The molecule has 0 saturated heterocycles. The third-order valence-electron chi connectivity index (χ3n) is 4.53. The second-order valence-corrected chi connectivity index (χ2v) is 6.75. The minimum atomic E-state index is -1.99. The van der Waals surface area contributed by atoms with Crippen LogP contribution in [0.25, 0.3) is 0 Å². The number of Topliss-reactive ketones (excluding diaryl/α,β-unsaturated/α-hetero) is 1. The predicted octanol–water partition coefficient (Wildman–Crippen LogP) is 3.97. The third-order valence-corrected chi connectivity index (χ3v) is 4.53. The molecule has 0 aliphatic heterocycles. The van der Waals surface area contributed by atoms with E-state index in [0.717, 1.165) is 45.9 Å². The van der Waals surface area contributed by atoms with Gasteiger partial charge in [0.25, 0.3) is 0 Å². The molecule has 0 aliphatic rings. The highest BCUT2D eigenvalue weighted by molar-refractivity contribution is 6.25. The molecule has 0 saturated carbocycles. The average molecular weight is 445 g/mol. The van der Waals surface area contributed by atoms with Crippen LogP contribution in [0.4, 0.5) is 18.9 Å². The number of nitro groups is 1. The van der Waals surface area contributed by atoms with Crippen molar-refractivity contribution in [2.75, 3.05) is 20.2 Å². The van der Waals surface area contributed by atoms with Gasteiger partial charge in [0.15, 0.2) is 5.82 Å². The summed E-state index contributed by atoms with van der Waals surface area (Å²) in [5.41, 5.74) is -2.00. The molecule has 1 N–H and O–H groups in total. The van der Waals surface area contributed by atoms with E-state index < -0.39 is 56.5 Å². The van der Waals surface area contributed by atoms with Gasteiger partial charge in [0.05, 0.1) is 12.0 Å². The number of hydrazine groups is 1. The number of hydrogen-bond acceptors (Lipinski definition) is 7. The lowest BCUT2D eigenvalue weighted by Gasteiger charge is -2.22. The van der Waals surface area contributed by atoms with E-state index in [-0.39, 0.29) is 0 Å². The van der Waals surface area contributed by atoms with Gasteiger partial charge in [-0.3, -0.25) is 14.9 Å². The molecule has 0 radical (unpaired) electrons. The first-order chi connectivity index (χ1) is 14.6. The van der Waals surface area contributed by atoms with Gasteiger partial charge < -0.3 is 10.2 Å². The monoisotopic (exact) mass is 445 g/mol. The molecule has 0 amide bonds. The van der Waals surface area contributed by atoms with Gasteiger partial charge in [-0.05, 0) is 19.8 Å². The molecule has 8 nitrogen and oxygen atoms in total. The molecule has 1 aromatic rings. The lowest BCUT2D eigenvalue weighted by atomic mass is 9.98. The van der Waals surface area contributed by atoms with E-state index in [9.17, 15) is 32.9 Å². The van der Waals surface area contributed by atoms with E-state index in [1.54, 1.807) is 5.01 Å². The topological polar surface area (TPSA) is 102 Å². The number of rotatable bonds is 12. The summed E-state index contributed by atoms with van der Waals surface area (Å²) in [7, 11) is 0.955. The number of hydrogen-bond donors (Lipinski definition) is 1. The standard InChI is InChI=1S/C20H26F3N3O5/c1-5-7-9-25(10-8-6-2)24-11-13(20(28)31-4)19(27)14-15(21)12(3)16(22)17(23)18(14)26(29)30/h11,24H,5-10H2,1-4H3/b13-11+. The van der Waals surface area contributed by atoms with E-state index in [4.69, 9.17) is 0 Å². The summed E-state index contributed by atoms with van der Waals surface area (Å²) in [6, 6.07) is 0. The van der Waals surface area contributed by atoms with Crippen molar-refractivity contribution < 1.29 is 32.4 Å². The fourth-order valence-electron chi connectivity index (χ4n) is 2.70. The summed E-state index contributed by atoms with van der Waals surface area (Å²) in [5.74, 6) is -8.13. The van der Waals surface area contributed by atoms with E-state index in [1.165, 1.54) is 0 Å². The number of unbranched alkanes of at least 4 members (excludes halogenated alkanes) is 2. The number of benzene rings is 1. The molecule has 0 aliphatic carbocycles. The Balaban J connectivity index is 3.51. The summed E-state index contributed by atoms with van der Waals surface area (Å²) in [5, 5.41) is 13.0. The molecule has 0 unspecified atom stereocenters. The first kappa shape index (κ1) is 26.1. The van der Waals surface area contributed by atoms with Crippen molar-refractivity contribution in [3.63, 3.8) is 0 Å². The Bertz CT molecular complexity index is 866. The van der Waals surface area contributed by atoms with Crippen molar-refractivity contribution in [2.24, 2.45) is 0 Å². The quantitative estimate of drug-likeness (QED) is 0.0759. The smallest absolute Gasteiger partial charge is 0.343 e. The number of ether oxygens (including phenoxy) is 1. The first-order valence-electron chi connectivity index (χ1n) is 9.77. The Kier molecular flexibility index (Phi) is 10.1. The van der Waals surface area contributed by atoms with E-state index in [0.29, 0.717) is 13.1 Å². The molecular formula is C20H26F3N3O5. The zero-order valence-corrected chi connectivity index (χ0v) is 17.9. The maximum atomic E-state index is 14.6. The van der Waals surface area contributed by atoms with Crippen molar-refractivity contribution in [3.8, 4) is 0 Å². The van der Waals surface area contributed by atoms with Gasteiger partial charge in [-0.15, -0.1) is 0 Å². The van der Waals surface area contributed by atoms with E-state index in [2.05, 4.69) is 10.2 Å². The lowest BCUT2D eigenvalue weighted by molar-refractivity contribution is -0.388. The molecule has 31 heavy (non-hydrogen) atoms. The molecule has 0 bridgehead atoms. The Morgan fingerprint density at radius 1 is 1.10 bits per heavy atom. The van der Waals surface area contributed by atoms with E-state index >= 15 is 0 Å². The Morgan fingerprint density at radius 2 is 1.65 bits per heavy atom. The van der Waals surface area contributed by atoms with Crippen LogP contribution >= 0.6 is 0 Å². The van der Waals surface area contributed by atoms with Gasteiger partial charge in [-0.25, -0.2) is 18.6 Å². The third kappa shape index (κ3) is 6.27. The molecule has 0 aromatic heterocycles. The summed E-state index contributed by atoms with van der Waals surface area (Å²) in [6.07, 6.45) is 4.28. The maximum absolute atomic E-state index is 14.6. The van der Waals surface area contributed by atoms with Gasteiger partial charge in [-0.1, -0.05) is 26.7 Å². The zero-order chi connectivity index (χ0) is 23.7. The number of esters is 1. The highest BCUT2D eigenvalue weighted by atomic mass is 19.2. The maximum Gasteiger partial charge on any atom is 0.343 e. The fourth-order valence-corrected chi connectivity index (χ4v) is 2.70. The SMILES string of the molecule is CCCCN(CCCC)N/C=C(/C(=O)OC)C(=O)c1c(F)c(C)c(F)c(F)c1[N+](=O)[O-]. The van der Waals surface area contributed by atoms with Gasteiger partial charge in [0.2, 0.25) is 11.6 Å². The van der Waals surface area contributed by atoms with Crippen LogP contribution in [0.1, 0.15) is 55.5 Å². The highest BCUT2D eigenvalue weighted by Gasteiger charge is 2.37. The lowest BCUT2D eigenvalue weighted by Crippen LogP contribution is -2.37. The van der Waals surface area contributed by atoms with Gasteiger partial charge in [0.1, 0.15) is 17.0 Å². The minimum absolute atomic E-state index is 0.564. The van der Waals surface area contributed by atoms with Crippen molar-refractivity contribution >= 4 is 17.4 Å². The fraction of sp³-hybridized carbons (Fsp3) is 0.500. The van der Waals surface area contributed by atoms with Gasteiger partial charge >= 0.3 is 11.7 Å². The number of nitro benzene ring substituents is 1. The van der Waals surface area contributed by atoms with Crippen molar-refractivity contribution in [3.05, 3.63) is 50.5 Å². The summed E-state index contributed by atoms with van der Waals surface area (Å²) >= 11 is 0. The van der Waals surface area contributed by atoms with Crippen molar-refractivity contribution in [1.29, 1.82) is 0 Å². The molecule has 0 spiro atoms. The van der Waals surface area contributed by atoms with Crippen LogP contribution in [0, 0.1) is 34.5 Å². The van der Waals surface area contributed by atoms with Gasteiger partial charge in [-0.2, -0.15) is 4.39 Å². The Labute approximate surface area is 178 Å². The minimum Gasteiger partial charge on any atom is -0.465 e. The van der Waals surface area contributed by atoms with Crippen LogP contribution in [0.2, 0.25) is 0 Å². The largest absolute Gasteiger partial charge is 0.465 e. The summed E-state index contributed by atoms with van der Waals surface area (Å²) in [4.78, 5) is 34.9. The zero-order valence-electron chi connectivity index (χ0n) is 17.9. The number of nitrogens with one attached hydrogen (secondary N) is 1. The molecular weight excluding hydrogens is 419 g/mol. The molecule has 0 atom stereocenters. The number of nitrogens with zero attached hydrogens (tertiary/aromatic N) is 2. The van der Waals surface area contributed by atoms with Crippen LogP contribution in [-0.4, -0.2) is 41.9 Å². The Hall–Kier alpha value is -2.95. The Morgan fingerprint density at radius 3 is 2.10 bits per heavy atom. The molecule has 1 aromatic carbocycles. The number of ketones is 1. The van der Waals surface area contributed by atoms with Crippen LogP contribution in [-0.2, 0) is 9.53 Å². The highest BCUT2D eigenvalue weighted by Crippen LogP contribution is 2.32. The molecule has 11 heteroatoms. The summed E-state index contributed by atoms with van der Waals surface area (Å²) < 4.78 is 47.1. The van der Waals surface area contributed by atoms with E-state index in [1.807, 2.05) is 13.8 Å². The molecule has 0 heterocycles. The van der Waals surface area contributed by atoms with Crippen molar-refractivity contribution in [1.82, 2.24) is 10.4 Å². The average Bonchev–Trinajstić information content (AvgIpc) is 2.75. The van der Waals surface area contributed by atoms with Crippen LogP contribution in [0.5, 0.6) is 0 Å². The van der Waals surface area contributed by atoms with Gasteiger partial charge in [0, 0.05) is 24.9 Å². The van der Waals surface area contributed by atoms with Crippen molar-refractivity contribution in [2.45, 2.75) is 46.5 Å². The number of methoxy groups -OCH3 is 1. The molecule has 0 fully saturated rings. The van der Waals surface area contributed by atoms with Crippen LogP contribution in [0.3, 0.4) is 0 Å².